The molecule has 0 amide bonds. The maximum atomic E-state index is 6.48. The molecular weight excluding hydrogens is 267 g/mol. The first-order chi connectivity index (χ1) is 8.25. The Morgan fingerprint density at radius 3 is 2.33 bits per heavy atom. The molecule has 0 radical (unpaired) electrons. The van der Waals surface area contributed by atoms with Crippen LogP contribution in [-0.4, -0.2) is 7.11 Å². The minimum absolute atomic E-state index is 0.0115. The van der Waals surface area contributed by atoms with Gasteiger partial charge in [-0.2, -0.15) is 0 Å². The lowest BCUT2D eigenvalue weighted by molar-refractivity contribution is 0.245. The summed E-state index contributed by atoms with van der Waals surface area (Å²) in [5.41, 5.74) is 1.32. The molecule has 0 bridgehead atoms. The molecule has 1 aromatic rings. The first-order valence-corrected chi connectivity index (χ1v) is 7.04. The molecule has 0 aliphatic carbocycles. The normalized spacial score (nSPS) is 15.3. The lowest BCUT2D eigenvalue weighted by Gasteiger charge is -2.29. The molecule has 1 nitrogen and oxygen atoms in total. The zero-order valence-corrected chi connectivity index (χ0v) is 13.3. The van der Waals surface area contributed by atoms with Gasteiger partial charge in [0.25, 0.3) is 0 Å². The van der Waals surface area contributed by atoms with Gasteiger partial charge in [-0.3, -0.25) is 0 Å². The molecule has 0 fully saturated rings. The second-order valence-electron chi connectivity index (χ2n) is 5.86. The van der Waals surface area contributed by atoms with Crippen LogP contribution in [0.3, 0.4) is 0 Å². The molecule has 0 saturated carbocycles. The molecule has 18 heavy (non-hydrogen) atoms. The van der Waals surface area contributed by atoms with Crippen molar-refractivity contribution in [3.8, 4) is 5.75 Å². The van der Waals surface area contributed by atoms with Crippen LogP contribution in [0.5, 0.6) is 5.75 Å². The Bertz CT molecular complexity index is 396. The molecule has 2 unspecified atom stereocenters. The summed E-state index contributed by atoms with van der Waals surface area (Å²) in [7, 11) is 1.61. The Balaban J connectivity index is 2.79. The summed E-state index contributed by atoms with van der Waals surface area (Å²) < 4.78 is 5.14. The third kappa shape index (κ3) is 4.07. The first-order valence-electron chi connectivity index (χ1n) is 6.23. The molecule has 1 aromatic carbocycles. The smallest absolute Gasteiger partial charge is 0.137 e. The topological polar surface area (TPSA) is 9.23 Å². The SMILES string of the molecule is COc1ccc(C(Cl)CC(C)C(C)(C)C)cc1Cl. The summed E-state index contributed by atoms with van der Waals surface area (Å²) in [6.45, 7) is 8.95. The standard InChI is InChI=1S/C15H22Cl2O/c1-10(15(2,3)4)8-12(16)11-6-7-14(18-5)13(17)9-11/h6-7,9-10,12H,8H2,1-5H3. The summed E-state index contributed by atoms with van der Waals surface area (Å²) in [4.78, 5) is 0. The van der Waals surface area contributed by atoms with Gasteiger partial charge in [-0.1, -0.05) is 45.4 Å². The number of ether oxygens (including phenoxy) is 1. The highest BCUT2D eigenvalue weighted by molar-refractivity contribution is 6.32. The fourth-order valence-corrected chi connectivity index (χ4v) is 2.35. The molecule has 0 aromatic heterocycles. The van der Waals surface area contributed by atoms with Crippen LogP contribution in [-0.2, 0) is 0 Å². The van der Waals surface area contributed by atoms with Gasteiger partial charge in [-0.05, 0) is 35.4 Å². The third-order valence-corrected chi connectivity index (χ3v) is 4.30. The van der Waals surface area contributed by atoms with E-state index in [-0.39, 0.29) is 10.8 Å². The third-order valence-electron chi connectivity index (χ3n) is 3.58. The van der Waals surface area contributed by atoms with Crippen molar-refractivity contribution in [1.29, 1.82) is 0 Å². The predicted molar refractivity (Wildman–Crippen MR) is 79.8 cm³/mol. The van der Waals surface area contributed by atoms with E-state index in [2.05, 4.69) is 27.7 Å². The minimum Gasteiger partial charge on any atom is -0.495 e. The van der Waals surface area contributed by atoms with E-state index in [9.17, 15) is 0 Å². The van der Waals surface area contributed by atoms with Crippen LogP contribution in [0, 0.1) is 11.3 Å². The first kappa shape index (κ1) is 15.7. The van der Waals surface area contributed by atoms with E-state index in [0.29, 0.717) is 16.7 Å². The number of methoxy groups -OCH3 is 1. The van der Waals surface area contributed by atoms with Crippen molar-refractivity contribution in [3.63, 3.8) is 0 Å². The summed E-state index contributed by atoms with van der Waals surface area (Å²) in [6, 6.07) is 5.75. The molecule has 0 saturated heterocycles. The van der Waals surface area contributed by atoms with E-state index in [1.807, 2.05) is 18.2 Å². The average Bonchev–Trinajstić information content (AvgIpc) is 2.27. The number of benzene rings is 1. The van der Waals surface area contributed by atoms with Gasteiger partial charge in [0.1, 0.15) is 5.75 Å². The Kier molecular flexibility index (Phi) is 5.36. The lowest BCUT2D eigenvalue weighted by Crippen LogP contribution is -2.18. The Hall–Kier alpha value is -0.400. The molecular formula is C15H22Cl2O. The highest BCUT2D eigenvalue weighted by Gasteiger charge is 2.23. The molecule has 0 N–H and O–H groups in total. The van der Waals surface area contributed by atoms with Crippen LogP contribution in [0.15, 0.2) is 18.2 Å². The second-order valence-corrected chi connectivity index (χ2v) is 6.80. The highest BCUT2D eigenvalue weighted by atomic mass is 35.5. The van der Waals surface area contributed by atoms with Gasteiger partial charge < -0.3 is 4.74 Å². The number of alkyl halides is 1. The van der Waals surface area contributed by atoms with Gasteiger partial charge >= 0.3 is 0 Å². The summed E-state index contributed by atoms with van der Waals surface area (Å²) >= 11 is 12.6. The summed E-state index contributed by atoms with van der Waals surface area (Å²) in [5, 5.41) is 0.603. The fourth-order valence-electron chi connectivity index (χ4n) is 1.68. The summed E-state index contributed by atoms with van der Waals surface area (Å²) in [6.07, 6.45) is 0.938. The van der Waals surface area contributed by atoms with Crippen molar-refractivity contribution in [1.82, 2.24) is 0 Å². The van der Waals surface area contributed by atoms with Crippen LogP contribution < -0.4 is 4.74 Å². The Labute approximate surface area is 120 Å². The van der Waals surface area contributed by atoms with Crippen LogP contribution in [0.25, 0.3) is 0 Å². The van der Waals surface area contributed by atoms with Gasteiger partial charge in [0.15, 0.2) is 0 Å². The number of hydrogen-bond donors (Lipinski definition) is 0. The maximum absolute atomic E-state index is 6.48. The molecule has 102 valence electrons. The quantitative estimate of drug-likeness (QED) is 0.646. The molecule has 3 heteroatoms. The van der Waals surface area contributed by atoms with Crippen molar-refractivity contribution in [2.24, 2.45) is 11.3 Å². The van der Waals surface area contributed by atoms with E-state index in [4.69, 9.17) is 27.9 Å². The number of hydrogen-bond acceptors (Lipinski definition) is 1. The van der Waals surface area contributed by atoms with Gasteiger partial charge in [-0.25, -0.2) is 0 Å². The van der Waals surface area contributed by atoms with Crippen LogP contribution in [0.1, 0.15) is 45.1 Å². The maximum Gasteiger partial charge on any atom is 0.137 e. The zero-order chi connectivity index (χ0) is 13.9. The average molecular weight is 289 g/mol. The Morgan fingerprint density at radius 2 is 1.89 bits per heavy atom. The zero-order valence-electron chi connectivity index (χ0n) is 11.8. The van der Waals surface area contributed by atoms with Gasteiger partial charge in [0.05, 0.1) is 17.5 Å². The van der Waals surface area contributed by atoms with Crippen molar-refractivity contribution in [2.75, 3.05) is 7.11 Å². The molecule has 2 atom stereocenters. The molecule has 0 aliphatic heterocycles. The van der Waals surface area contributed by atoms with E-state index >= 15 is 0 Å². The monoisotopic (exact) mass is 288 g/mol. The number of rotatable bonds is 4. The molecule has 1 rings (SSSR count). The second kappa shape index (κ2) is 6.16. The van der Waals surface area contributed by atoms with E-state index < -0.39 is 0 Å². The van der Waals surface area contributed by atoms with Gasteiger partial charge in [-0.15, -0.1) is 11.6 Å². The highest BCUT2D eigenvalue weighted by Crippen LogP contribution is 2.38. The molecule has 0 aliphatic rings. The van der Waals surface area contributed by atoms with Crippen molar-refractivity contribution < 1.29 is 4.74 Å². The van der Waals surface area contributed by atoms with Crippen molar-refractivity contribution in [2.45, 2.75) is 39.5 Å². The molecule has 0 spiro atoms. The van der Waals surface area contributed by atoms with E-state index in [1.54, 1.807) is 7.11 Å². The largest absolute Gasteiger partial charge is 0.495 e. The van der Waals surface area contributed by atoms with Gasteiger partial charge in [0.2, 0.25) is 0 Å². The van der Waals surface area contributed by atoms with E-state index in [0.717, 1.165) is 12.0 Å². The number of halogens is 2. The Morgan fingerprint density at radius 1 is 1.28 bits per heavy atom. The van der Waals surface area contributed by atoms with Crippen LogP contribution in [0.4, 0.5) is 0 Å². The predicted octanol–water partition coefficient (Wildman–Crippen LogP) is 5.70. The van der Waals surface area contributed by atoms with Crippen LogP contribution >= 0.6 is 23.2 Å². The lowest BCUT2D eigenvalue weighted by atomic mass is 9.79. The van der Waals surface area contributed by atoms with Crippen molar-refractivity contribution >= 4 is 23.2 Å². The van der Waals surface area contributed by atoms with Crippen molar-refractivity contribution in [3.05, 3.63) is 28.8 Å². The van der Waals surface area contributed by atoms with Crippen LogP contribution in [0.2, 0.25) is 5.02 Å². The molecule has 0 heterocycles. The van der Waals surface area contributed by atoms with E-state index in [1.165, 1.54) is 0 Å². The summed E-state index contributed by atoms with van der Waals surface area (Å²) in [5.74, 6) is 1.23. The fraction of sp³-hybridized carbons (Fsp3) is 0.600. The minimum atomic E-state index is -0.0115. The van der Waals surface area contributed by atoms with Gasteiger partial charge in [0, 0.05) is 0 Å².